The van der Waals surface area contributed by atoms with E-state index in [1.165, 1.54) is 13.3 Å². The first kappa shape index (κ1) is 15.2. The van der Waals surface area contributed by atoms with Crippen molar-refractivity contribution in [3.63, 3.8) is 0 Å². The van der Waals surface area contributed by atoms with Gasteiger partial charge in [0.05, 0.1) is 0 Å². The molecule has 0 saturated heterocycles. The molecule has 0 aliphatic heterocycles. The Bertz CT molecular complexity index is 520. The van der Waals surface area contributed by atoms with Gasteiger partial charge in [0, 0.05) is 18.5 Å². The van der Waals surface area contributed by atoms with E-state index in [1.807, 2.05) is 18.2 Å². The Morgan fingerprint density at radius 2 is 1.81 bits per heavy atom. The second-order valence-corrected chi connectivity index (χ2v) is 5.20. The summed E-state index contributed by atoms with van der Waals surface area (Å²) >= 11 is 0. The van der Waals surface area contributed by atoms with Crippen LogP contribution in [0.4, 0.5) is 0 Å². The Morgan fingerprint density at radius 1 is 1.14 bits per heavy atom. The highest BCUT2D eigenvalue weighted by atomic mass is 16.7. The highest BCUT2D eigenvalue weighted by molar-refractivity contribution is 6.45. The minimum absolute atomic E-state index is 0.136. The zero-order chi connectivity index (χ0) is 15.1. The maximum atomic E-state index is 12.4. The van der Waals surface area contributed by atoms with Crippen molar-refractivity contribution < 1.29 is 14.4 Å². The number of nitrogens with one attached hydrogen (secondary N) is 1. The summed E-state index contributed by atoms with van der Waals surface area (Å²) in [6.07, 6.45) is 5.46. The molecule has 1 aromatic carbocycles. The summed E-state index contributed by atoms with van der Waals surface area (Å²) < 4.78 is 0. The average molecular weight is 288 g/mol. The third kappa shape index (κ3) is 4.70. The molecule has 1 aliphatic carbocycles. The summed E-state index contributed by atoms with van der Waals surface area (Å²) in [7, 11) is 0. The van der Waals surface area contributed by atoms with Crippen molar-refractivity contribution in [3.05, 3.63) is 35.9 Å². The first-order valence-corrected chi connectivity index (χ1v) is 7.28. The first-order valence-electron chi connectivity index (χ1n) is 7.28. The summed E-state index contributed by atoms with van der Waals surface area (Å²) in [5.74, 6) is -0.844. The van der Waals surface area contributed by atoms with Crippen molar-refractivity contribution in [1.29, 1.82) is 0 Å². The summed E-state index contributed by atoms with van der Waals surface area (Å²) in [5, 5.41) is 6.69. The van der Waals surface area contributed by atoms with Gasteiger partial charge in [-0.05, 0) is 12.8 Å². The largest absolute Gasteiger partial charge is 0.348 e. The predicted octanol–water partition coefficient (Wildman–Crippen LogP) is 2.40. The van der Waals surface area contributed by atoms with Crippen molar-refractivity contribution in [2.24, 2.45) is 5.16 Å². The molecule has 5 nitrogen and oxygen atoms in total. The topological polar surface area (TPSA) is 67.8 Å². The van der Waals surface area contributed by atoms with Crippen molar-refractivity contribution in [2.75, 3.05) is 0 Å². The van der Waals surface area contributed by atoms with Gasteiger partial charge in [-0.15, -0.1) is 0 Å². The highest BCUT2D eigenvalue weighted by Crippen LogP contribution is 2.17. The number of carbonyl (C=O) groups excluding carboxylic acids is 2. The third-order valence-electron chi connectivity index (χ3n) is 3.47. The van der Waals surface area contributed by atoms with Crippen LogP contribution in [0.2, 0.25) is 0 Å². The molecular formula is C16H20N2O3. The smallest absolute Gasteiger partial charge is 0.332 e. The maximum Gasteiger partial charge on any atom is 0.332 e. The molecule has 5 heteroatoms. The number of hydrogen-bond donors (Lipinski definition) is 1. The predicted molar refractivity (Wildman–Crippen MR) is 79.8 cm³/mol. The maximum absolute atomic E-state index is 12.4. The van der Waals surface area contributed by atoms with Crippen LogP contribution in [0, 0.1) is 0 Å². The molecule has 0 heterocycles. The van der Waals surface area contributed by atoms with E-state index >= 15 is 0 Å². The molecule has 1 amide bonds. The van der Waals surface area contributed by atoms with Crippen LogP contribution in [0.3, 0.4) is 0 Å². The SMILES string of the molecule is CC(=O)O/N=C(\C(=O)NC1CCCCC1)c1ccccc1. The van der Waals surface area contributed by atoms with E-state index in [-0.39, 0.29) is 17.7 Å². The molecule has 21 heavy (non-hydrogen) atoms. The molecule has 1 aromatic rings. The number of oxime groups is 1. The van der Waals surface area contributed by atoms with Gasteiger partial charge in [-0.1, -0.05) is 54.8 Å². The second kappa shape index (κ2) is 7.57. The van der Waals surface area contributed by atoms with Crippen LogP contribution in [0.25, 0.3) is 0 Å². The Balaban J connectivity index is 2.12. The zero-order valence-electron chi connectivity index (χ0n) is 12.2. The fourth-order valence-corrected chi connectivity index (χ4v) is 2.43. The Hall–Kier alpha value is -2.17. The molecule has 0 atom stereocenters. The van der Waals surface area contributed by atoms with Crippen LogP contribution in [-0.2, 0) is 14.4 Å². The Morgan fingerprint density at radius 3 is 2.43 bits per heavy atom. The van der Waals surface area contributed by atoms with Crippen molar-refractivity contribution in [2.45, 2.75) is 45.1 Å². The van der Waals surface area contributed by atoms with Gasteiger partial charge in [-0.3, -0.25) is 4.79 Å². The minimum atomic E-state index is -0.547. The van der Waals surface area contributed by atoms with E-state index in [2.05, 4.69) is 15.3 Å². The second-order valence-electron chi connectivity index (χ2n) is 5.20. The molecule has 0 aromatic heterocycles. The lowest BCUT2D eigenvalue weighted by atomic mass is 9.95. The van der Waals surface area contributed by atoms with E-state index in [9.17, 15) is 9.59 Å². The summed E-state index contributed by atoms with van der Waals surface area (Å²) in [6, 6.07) is 9.19. The molecule has 2 rings (SSSR count). The molecule has 0 unspecified atom stereocenters. The molecule has 1 saturated carbocycles. The molecule has 1 fully saturated rings. The monoisotopic (exact) mass is 288 g/mol. The summed E-state index contributed by atoms with van der Waals surface area (Å²) in [4.78, 5) is 28.0. The van der Waals surface area contributed by atoms with Gasteiger partial charge in [0.25, 0.3) is 5.91 Å². The van der Waals surface area contributed by atoms with Crippen molar-refractivity contribution >= 4 is 17.6 Å². The first-order chi connectivity index (χ1) is 10.2. The number of rotatable bonds is 4. The van der Waals surface area contributed by atoms with E-state index in [1.54, 1.807) is 12.1 Å². The Labute approximate surface area is 124 Å². The van der Waals surface area contributed by atoms with E-state index in [0.29, 0.717) is 5.56 Å². The number of hydrogen-bond acceptors (Lipinski definition) is 4. The number of amides is 1. The van der Waals surface area contributed by atoms with E-state index in [4.69, 9.17) is 0 Å². The molecule has 112 valence electrons. The fraction of sp³-hybridized carbons (Fsp3) is 0.438. The van der Waals surface area contributed by atoms with Gasteiger partial charge in [-0.25, -0.2) is 4.79 Å². The van der Waals surface area contributed by atoms with Crippen LogP contribution in [0.15, 0.2) is 35.5 Å². The lowest BCUT2D eigenvalue weighted by Crippen LogP contribution is -2.40. The number of benzene rings is 1. The molecule has 1 aliphatic rings. The van der Waals surface area contributed by atoms with Gasteiger partial charge in [0.2, 0.25) is 0 Å². The van der Waals surface area contributed by atoms with Crippen LogP contribution >= 0.6 is 0 Å². The van der Waals surface area contributed by atoms with Crippen molar-refractivity contribution in [1.82, 2.24) is 5.32 Å². The lowest BCUT2D eigenvalue weighted by molar-refractivity contribution is -0.140. The third-order valence-corrected chi connectivity index (χ3v) is 3.47. The zero-order valence-corrected chi connectivity index (χ0v) is 12.2. The minimum Gasteiger partial charge on any atom is -0.348 e. The van der Waals surface area contributed by atoms with E-state index < -0.39 is 5.97 Å². The van der Waals surface area contributed by atoms with Gasteiger partial charge in [0.1, 0.15) is 0 Å². The molecule has 1 N–H and O–H groups in total. The van der Waals surface area contributed by atoms with Crippen LogP contribution < -0.4 is 5.32 Å². The molecular weight excluding hydrogens is 268 g/mol. The van der Waals surface area contributed by atoms with Crippen LogP contribution in [-0.4, -0.2) is 23.6 Å². The lowest BCUT2D eigenvalue weighted by Gasteiger charge is -2.22. The quantitative estimate of drug-likeness (QED) is 0.525. The van der Waals surface area contributed by atoms with Gasteiger partial charge in [-0.2, -0.15) is 0 Å². The van der Waals surface area contributed by atoms with Gasteiger partial charge < -0.3 is 10.2 Å². The van der Waals surface area contributed by atoms with E-state index in [0.717, 1.165) is 25.7 Å². The summed E-state index contributed by atoms with van der Waals surface area (Å²) in [5.41, 5.74) is 0.767. The average Bonchev–Trinajstić information content (AvgIpc) is 2.49. The van der Waals surface area contributed by atoms with Crippen molar-refractivity contribution in [3.8, 4) is 0 Å². The number of carbonyl (C=O) groups is 2. The fourth-order valence-electron chi connectivity index (χ4n) is 2.43. The Kier molecular flexibility index (Phi) is 5.49. The van der Waals surface area contributed by atoms with Gasteiger partial charge >= 0.3 is 5.97 Å². The van der Waals surface area contributed by atoms with Crippen LogP contribution in [0.5, 0.6) is 0 Å². The standard InChI is InChI=1S/C16H20N2O3/c1-12(19)21-18-15(13-8-4-2-5-9-13)16(20)17-14-10-6-3-7-11-14/h2,4-5,8-9,14H,3,6-7,10-11H2,1H3,(H,17,20)/b18-15-. The normalized spacial score (nSPS) is 16.3. The molecule has 0 spiro atoms. The number of nitrogens with zero attached hydrogens (tertiary/aromatic N) is 1. The summed E-state index contributed by atoms with van der Waals surface area (Å²) in [6.45, 7) is 1.26. The van der Waals surface area contributed by atoms with Gasteiger partial charge in [0.15, 0.2) is 5.71 Å². The molecule has 0 bridgehead atoms. The van der Waals surface area contributed by atoms with Crippen LogP contribution in [0.1, 0.15) is 44.6 Å². The molecule has 0 radical (unpaired) electrons. The highest BCUT2D eigenvalue weighted by Gasteiger charge is 2.21.